The number of aromatic amines is 2. The predicted molar refractivity (Wildman–Crippen MR) is 137 cm³/mol. The summed E-state index contributed by atoms with van der Waals surface area (Å²) in [6.07, 6.45) is 0. The molecule has 0 saturated carbocycles. The molecular weight excluding hydrogens is 432 g/mol. The van der Waals surface area contributed by atoms with Crippen LogP contribution in [0.4, 0.5) is 0 Å². The average molecular weight is 457 g/mol. The van der Waals surface area contributed by atoms with Gasteiger partial charge in [0, 0.05) is 43.6 Å². The van der Waals surface area contributed by atoms with Crippen LogP contribution in [0.3, 0.4) is 0 Å². The first-order valence-electron chi connectivity index (χ1n) is 10.3. The minimum absolute atomic E-state index is 1.18. The van der Waals surface area contributed by atoms with Crippen molar-refractivity contribution in [2.75, 3.05) is 5.83 Å². The molecule has 0 amide bonds. The van der Waals surface area contributed by atoms with Crippen LogP contribution in [0.1, 0.15) is 13.8 Å². The first-order valence-corrected chi connectivity index (χ1v) is 11.8. The van der Waals surface area contributed by atoms with Gasteiger partial charge in [-0.2, -0.15) is 0 Å². The maximum absolute atomic E-state index is 3.50. The molecule has 2 N–H and O–H groups in total. The van der Waals surface area contributed by atoms with E-state index in [1.807, 2.05) is 19.7 Å². The second-order valence-corrected chi connectivity index (χ2v) is 6.86. The van der Waals surface area contributed by atoms with E-state index >= 15 is 0 Å². The lowest BCUT2D eigenvalue weighted by Crippen LogP contribution is -1.78. The number of hydrogen-bond acceptors (Lipinski definition) is 0. The van der Waals surface area contributed by atoms with Crippen LogP contribution < -0.4 is 0 Å². The van der Waals surface area contributed by atoms with E-state index in [-0.39, 0.29) is 0 Å². The third-order valence-electron chi connectivity index (χ3n) is 5.35. The third-order valence-corrected chi connectivity index (χ3v) is 5.35. The van der Waals surface area contributed by atoms with Gasteiger partial charge in [0.25, 0.3) is 0 Å². The minimum atomic E-state index is 1.18. The lowest BCUT2D eigenvalue weighted by atomic mass is 10.0. The molecule has 2 heterocycles. The summed E-state index contributed by atoms with van der Waals surface area (Å²) in [6.45, 7) is 4.00. The normalized spacial score (nSPS) is 10.7. The van der Waals surface area contributed by atoms with Crippen molar-refractivity contribution in [2.24, 2.45) is 0 Å². The fourth-order valence-electron chi connectivity index (χ4n) is 4.06. The summed E-state index contributed by atoms with van der Waals surface area (Å²) >= 11 is 2.94. The summed E-state index contributed by atoms with van der Waals surface area (Å²) in [4.78, 5) is 7.00. The van der Waals surface area contributed by atoms with E-state index in [2.05, 4.69) is 111 Å². The van der Waals surface area contributed by atoms with Crippen molar-refractivity contribution < 1.29 is 0 Å². The van der Waals surface area contributed by atoms with E-state index in [0.29, 0.717) is 0 Å². The van der Waals surface area contributed by atoms with Gasteiger partial charge in [-0.25, -0.2) is 0 Å². The number of aromatic nitrogens is 2. The Hall–Kier alpha value is -3.04. The largest absolute Gasteiger partial charge is 0.355 e. The zero-order chi connectivity index (χ0) is 21.1. The second kappa shape index (κ2) is 8.76. The van der Waals surface area contributed by atoms with Crippen molar-refractivity contribution in [3.8, 4) is 11.1 Å². The molecule has 0 atom stereocenters. The number of nitrogens with one attached hydrogen (secondary N) is 2. The Morgan fingerprint density at radius 1 is 0.467 bits per heavy atom. The van der Waals surface area contributed by atoms with E-state index in [4.69, 9.17) is 0 Å². The molecule has 30 heavy (non-hydrogen) atoms. The quantitative estimate of drug-likeness (QED) is 0.232. The fraction of sp³-hybridized carbons (Fsp3) is 0.111. The number of H-pyrrole nitrogens is 2. The molecule has 0 unspecified atom stereocenters. The lowest BCUT2D eigenvalue weighted by molar-refractivity contribution is 1.50. The van der Waals surface area contributed by atoms with Gasteiger partial charge in [-0.3, -0.25) is 0 Å². The maximum atomic E-state index is 3.50. The highest BCUT2D eigenvalue weighted by atomic mass is 79.9. The molecule has 0 spiro atoms. The molecule has 2 nitrogen and oxygen atoms in total. The van der Waals surface area contributed by atoms with Crippen molar-refractivity contribution in [1.82, 2.24) is 9.97 Å². The number of benzene rings is 4. The zero-order valence-electron chi connectivity index (χ0n) is 17.5. The van der Waals surface area contributed by atoms with Gasteiger partial charge in [0.15, 0.2) is 0 Å². The van der Waals surface area contributed by atoms with Gasteiger partial charge >= 0.3 is 0 Å². The fourth-order valence-corrected chi connectivity index (χ4v) is 4.06. The van der Waals surface area contributed by atoms with Gasteiger partial charge in [-0.1, -0.05) is 78.3 Å². The van der Waals surface area contributed by atoms with Crippen LogP contribution in [-0.4, -0.2) is 15.8 Å². The molecule has 0 saturated heterocycles. The topological polar surface area (TPSA) is 31.6 Å². The summed E-state index contributed by atoms with van der Waals surface area (Å²) in [5, 5.41) is 5.10. The van der Waals surface area contributed by atoms with Crippen LogP contribution in [0.5, 0.6) is 0 Å². The molecule has 3 heteroatoms. The van der Waals surface area contributed by atoms with E-state index in [9.17, 15) is 0 Å². The van der Waals surface area contributed by atoms with Gasteiger partial charge in [-0.05, 0) is 53.4 Å². The highest BCUT2D eigenvalue weighted by Gasteiger charge is 2.08. The van der Waals surface area contributed by atoms with Crippen molar-refractivity contribution in [2.45, 2.75) is 13.8 Å². The number of hydrogen-bond donors (Lipinski definition) is 2. The standard InChI is InChI=1S/C24H16N2.C2H6.CH3Br/c1-3-7-21-17(5-1)19-13-15(9-11-23(19)25-21)16-10-12-24-20(14-16)18-6-2-4-8-22(18)26-24;2*1-2/h1-14,25-26H;1-2H3;1H3. The molecule has 0 radical (unpaired) electrons. The first-order chi connectivity index (χ1) is 14.9. The van der Waals surface area contributed by atoms with Crippen LogP contribution >= 0.6 is 15.9 Å². The van der Waals surface area contributed by atoms with Gasteiger partial charge in [0.1, 0.15) is 0 Å². The number of para-hydroxylation sites is 2. The van der Waals surface area contributed by atoms with Crippen molar-refractivity contribution >= 4 is 59.5 Å². The third kappa shape index (κ3) is 3.40. The molecular formula is C27H25BrN2. The summed E-state index contributed by atoms with van der Waals surface area (Å²) in [5.74, 6) is 1.81. The molecule has 150 valence electrons. The highest BCUT2D eigenvalue weighted by Crippen LogP contribution is 2.33. The van der Waals surface area contributed by atoms with E-state index in [1.54, 1.807) is 0 Å². The number of fused-ring (bicyclic) bond motifs is 6. The van der Waals surface area contributed by atoms with E-state index in [1.165, 1.54) is 54.7 Å². The van der Waals surface area contributed by atoms with Crippen molar-refractivity contribution in [1.29, 1.82) is 0 Å². The zero-order valence-corrected chi connectivity index (χ0v) is 19.0. The van der Waals surface area contributed by atoms with Gasteiger partial charge < -0.3 is 9.97 Å². The summed E-state index contributed by atoms with van der Waals surface area (Å²) in [6, 6.07) is 30.3. The second-order valence-electron chi connectivity index (χ2n) is 6.86. The van der Waals surface area contributed by atoms with Crippen LogP contribution in [0, 0.1) is 0 Å². The van der Waals surface area contributed by atoms with Gasteiger partial charge in [0.05, 0.1) is 0 Å². The number of alkyl halides is 1. The number of halogens is 1. The van der Waals surface area contributed by atoms with E-state index in [0.717, 1.165) is 0 Å². The first kappa shape index (κ1) is 20.2. The summed E-state index contributed by atoms with van der Waals surface area (Å²) < 4.78 is 0. The van der Waals surface area contributed by atoms with Crippen molar-refractivity contribution in [3.05, 3.63) is 84.9 Å². The molecule has 0 aliphatic heterocycles. The van der Waals surface area contributed by atoms with Gasteiger partial charge in [0.2, 0.25) is 0 Å². The smallest absolute Gasteiger partial charge is 0.0465 e. The average Bonchev–Trinajstić information content (AvgIpc) is 3.39. The molecule has 2 aromatic heterocycles. The Morgan fingerprint density at radius 2 is 0.833 bits per heavy atom. The van der Waals surface area contributed by atoms with Crippen LogP contribution in [0.15, 0.2) is 84.9 Å². The number of rotatable bonds is 1. The van der Waals surface area contributed by atoms with Crippen molar-refractivity contribution in [3.63, 3.8) is 0 Å². The van der Waals surface area contributed by atoms with Crippen LogP contribution in [0.25, 0.3) is 54.7 Å². The van der Waals surface area contributed by atoms with Gasteiger partial charge in [-0.15, -0.1) is 0 Å². The predicted octanol–water partition coefficient (Wildman–Crippen LogP) is 8.66. The Morgan fingerprint density at radius 3 is 1.27 bits per heavy atom. The van der Waals surface area contributed by atoms with Crippen LogP contribution in [-0.2, 0) is 0 Å². The SMILES string of the molecule is CBr.CC.c1ccc2c(c1)[nH]c1ccc(-c3ccc4[nH]c5ccccc5c4c3)cc12. The lowest BCUT2D eigenvalue weighted by Gasteiger charge is -2.03. The van der Waals surface area contributed by atoms with E-state index < -0.39 is 0 Å². The Labute approximate surface area is 185 Å². The van der Waals surface area contributed by atoms with Crippen LogP contribution in [0.2, 0.25) is 0 Å². The summed E-state index contributed by atoms with van der Waals surface area (Å²) in [7, 11) is 0. The maximum Gasteiger partial charge on any atom is 0.0465 e. The molecule has 6 aromatic rings. The summed E-state index contributed by atoms with van der Waals surface area (Å²) in [5.41, 5.74) is 7.23. The molecule has 0 aliphatic rings. The Kier molecular flexibility index (Phi) is 5.91. The molecule has 0 bridgehead atoms. The monoisotopic (exact) mass is 456 g/mol. The minimum Gasteiger partial charge on any atom is -0.355 e. The molecule has 4 aromatic carbocycles. The molecule has 6 rings (SSSR count). The Balaban J connectivity index is 0.000000516. The molecule has 0 aliphatic carbocycles. The Bertz CT molecular complexity index is 1330. The molecule has 0 fully saturated rings. The highest BCUT2D eigenvalue weighted by molar-refractivity contribution is 9.08.